The van der Waals surface area contributed by atoms with Gasteiger partial charge < -0.3 is 18.9 Å². The first-order chi connectivity index (χ1) is 10.3. The van der Waals surface area contributed by atoms with Crippen molar-refractivity contribution in [1.82, 2.24) is 0 Å². The summed E-state index contributed by atoms with van der Waals surface area (Å²) in [6.07, 6.45) is -0.0171. The van der Waals surface area contributed by atoms with Crippen molar-refractivity contribution >= 4 is 17.9 Å². The molecule has 126 valence electrons. The fourth-order valence-electron chi connectivity index (χ4n) is 2.51. The maximum absolute atomic E-state index is 11.2. The Kier molecular flexibility index (Phi) is 7.31. The van der Waals surface area contributed by atoms with E-state index in [1.54, 1.807) is 0 Å². The highest BCUT2D eigenvalue weighted by Gasteiger charge is 2.35. The van der Waals surface area contributed by atoms with Crippen molar-refractivity contribution in [1.29, 1.82) is 0 Å². The molecule has 0 bridgehead atoms. The highest BCUT2D eigenvalue weighted by atomic mass is 16.6. The van der Waals surface area contributed by atoms with Crippen LogP contribution in [-0.4, -0.2) is 49.4 Å². The lowest BCUT2D eigenvalue weighted by Gasteiger charge is -2.36. The third-order valence-corrected chi connectivity index (χ3v) is 3.52. The van der Waals surface area contributed by atoms with E-state index >= 15 is 0 Å². The maximum atomic E-state index is 11.2. The van der Waals surface area contributed by atoms with Gasteiger partial charge >= 0.3 is 17.9 Å². The van der Waals surface area contributed by atoms with Crippen molar-refractivity contribution < 1.29 is 33.3 Å². The van der Waals surface area contributed by atoms with Gasteiger partial charge in [0.2, 0.25) is 0 Å². The van der Waals surface area contributed by atoms with E-state index in [-0.39, 0.29) is 30.7 Å². The van der Waals surface area contributed by atoms with Crippen LogP contribution in [0.4, 0.5) is 0 Å². The number of ether oxygens (including phenoxy) is 4. The summed E-state index contributed by atoms with van der Waals surface area (Å²) in [7, 11) is 0. The van der Waals surface area contributed by atoms with Crippen LogP contribution < -0.4 is 0 Å². The second-order valence-electron chi connectivity index (χ2n) is 5.47. The summed E-state index contributed by atoms with van der Waals surface area (Å²) in [5.41, 5.74) is 0. The minimum Gasteiger partial charge on any atom is -0.462 e. The van der Waals surface area contributed by atoms with E-state index in [1.165, 1.54) is 20.8 Å². The van der Waals surface area contributed by atoms with E-state index in [1.807, 2.05) is 6.92 Å². The molecule has 4 unspecified atom stereocenters. The van der Waals surface area contributed by atoms with Gasteiger partial charge in [-0.3, -0.25) is 14.4 Å². The molecule has 1 aliphatic heterocycles. The van der Waals surface area contributed by atoms with Crippen LogP contribution in [0, 0.1) is 5.92 Å². The van der Waals surface area contributed by atoms with E-state index in [0.29, 0.717) is 19.4 Å². The van der Waals surface area contributed by atoms with Crippen LogP contribution in [0.1, 0.15) is 40.5 Å². The van der Waals surface area contributed by atoms with Crippen molar-refractivity contribution in [2.45, 2.75) is 58.8 Å². The van der Waals surface area contributed by atoms with E-state index in [4.69, 9.17) is 18.9 Å². The van der Waals surface area contributed by atoms with E-state index in [0.717, 1.165) is 0 Å². The number of carbonyl (C=O) groups is 3. The summed E-state index contributed by atoms with van der Waals surface area (Å²) in [6.45, 7) is 6.34. The van der Waals surface area contributed by atoms with Gasteiger partial charge in [-0.25, -0.2) is 0 Å². The zero-order valence-corrected chi connectivity index (χ0v) is 13.5. The number of hydrogen-bond donors (Lipinski definition) is 0. The molecule has 0 amide bonds. The second kappa shape index (κ2) is 8.73. The molecule has 0 spiro atoms. The number of carbonyl (C=O) groups excluding carboxylic acids is 3. The molecular formula is C15H24O7. The van der Waals surface area contributed by atoms with Gasteiger partial charge in [-0.2, -0.15) is 0 Å². The predicted molar refractivity (Wildman–Crippen MR) is 75.9 cm³/mol. The van der Waals surface area contributed by atoms with Crippen molar-refractivity contribution in [2.75, 3.05) is 13.2 Å². The third kappa shape index (κ3) is 6.43. The molecule has 1 heterocycles. The lowest BCUT2D eigenvalue weighted by Crippen LogP contribution is -2.43. The first kappa shape index (κ1) is 18.4. The van der Waals surface area contributed by atoms with Gasteiger partial charge in [0, 0.05) is 39.5 Å². The first-order valence-electron chi connectivity index (χ1n) is 7.39. The zero-order chi connectivity index (χ0) is 16.7. The van der Waals surface area contributed by atoms with Crippen LogP contribution in [0.3, 0.4) is 0 Å². The highest BCUT2D eigenvalue weighted by molar-refractivity contribution is 5.67. The van der Waals surface area contributed by atoms with Gasteiger partial charge in [-0.1, -0.05) is 6.92 Å². The molecule has 22 heavy (non-hydrogen) atoms. The van der Waals surface area contributed by atoms with Crippen LogP contribution in [0.25, 0.3) is 0 Å². The Morgan fingerprint density at radius 3 is 2.36 bits per heavy atom. The Morgan fingerprint density at radius 1 is 1.14 bits per heavy atom. The molecule has 0 aromatic carbocycles. The van der Waals surface area contributed by atoms with Crippen molar-refractivity contribution in [3.05, 3.63) is 0 Å². The van der Waals surface area contributed by atoms with Gasteiger partial charge in [-0.05, 0) is 0 Å². The van der Waals surface area contributed by atoms with Crippen LogP contribution in [-0.2, 0) is 33.3 Å². The molecule has 7 nitrogen and oxygen atoms in total. The van der Waals surface area contributed by atoms with Gasteiger partial charge in [0.1, 0.15) is 18.8 Å². The Bertz CT molecular complexity index is 407. The summed E-state index contributed by atoms with van der Waals surface area (Å²) in [5, 5.41) is 0. The third-order valence-electron chi connectivity index (χ3n) is 3.52. The quantitative estimate of drug-likeness (QED) is 0.538. The molecule has 1 saturated heterocycles. The minimum absolute atomic E-state index is 0.0142. The molecule has 1 fully saturated rings. The Morgan fingerprint density at radius 2 is 1.82 bits per heavy atom. The van der Waals surface area contributed by atoms with E-state index in [2.05, 4.69) is 0 Å². The Balaban J connectivity index is 2.63. The van der Waals surface area contributed by atoms with Crippen LogP contribution in [0.2, 0.25) is 0 Å². The molecule has 0 aliphatic carbocycles. The van der Waals surface area contributed by atoms with E-state index in [9.17, 15) is 14.4 Å². The average Bonchev–Trinajstić information content (AvgIpc) is 2.39. The molecule has 1 aliphatic rings. The van der Waals surface area contributed by atoms with Crippen molar-refractivity contribution in [2.24, 2.45) is 5.92 Å². The van der Waals surface area contributed by atoms with Gasteiger partial charge in [-0.15, -0.1) is 0 Å². The monoisotopic (exact) mass is 316 g/mol. The Labute approximate surface area is 130 Å². The standard InChI is InChI=1S/C15H24O7/c1-9-14(22-12(4)18)5-6-19-15(9)7-13(21-11(3)17)8-20-10(2)16/h9,13-15H,5-8H2,1-4H3. The first-order valence-corrected chi connectivity index (χ1v) is 7.39. The molecule has 1 rings (SSSR count). The number of esters is 3. The average molecular weight is 316 g/mol. The smallest absolute Gasteiger partial charge is 0.303 e. The lowest BCUT2D eigenvalue weighted by atomic mass is 9.89. The van der Waals surface area contributed by atoms with Crippen LogP contribution >= 0.6 is 0 Å². The largest absolute Gasteiger partial charge is 0.462 e. The number of hydrogen-bond acceptors (Lipinski definition) is 7. The molecule has 0 saturated carbocycles. The molecule has 0 N–H and O–H groups in total. The molecular weight excluding hydrogens is 292 g/mol. The second-order valence-corrected chi connectivity index (χ2v) is 5.47. The topological polar surface area (TPSA) is 88.1 Å². The summed E-state index contributed by atoms with van der Waals surface area (Å²) in [5.74, 6) is -1.24. The lowest BCUT2D eigenvalue weighted by molar-refractivity contribution is -0.169. The predicted octanol–water partition coefficient (Wildman–Crippen LogP) is 1.23. The maximum Gasteiger partial charge on any atom is 0.303 e. The molecule has 0 aromatic heterocycles. The Hall–Kier alpha value is -1.63. The summed E-state index contributed by atoms with van der Waals surface area (Å²) < 4.78 is 21.1. The van der Waals surface area contributed by atoms with Crippen molar-refractivity contribution in [3.8, 4) is 0 Å². The SMILES string of the molecule is CC(=O)OCC(CC1OCCC(OC(C)=O)C1C)OC(C)=O. The summed E-state index contributed by atoms with van der Waals surface area (Å²) >= 11 is 0. The molecule has 0 radical (unpaired) electrons. The van der Waals surface area contributed by atoms with Crippen LogP contribution in [0.15, 0.2) is 0 Å². The normalized spacial score (nSPS) is 25.9. The van der Waals surface area contributed by atoms with E-state index < -0.39 is 18.0 Å². The fourth-order valence-corrected chi connectivity index (χ4v) is 2.51. The van der Waals surface area contributed by atoms with Crippen LogP contribution in [0.5, 0.6) is 0 Å². The summed E-state index contributed by atoms with van der Waals surface area (Å²) in [4.78, 5) is 33.2. The molecule has 7 heteroatoms. The van der Waals surface area contributed by atoms with Gasteiger partial charge in [0.25, 0.3) is 0 Å². The highest BCUT2D eigenvalue weighted by Crippen LogP contribution is 2.27. The minimum atomic E-state index is -0.579. The van der Waals surface area contributed by atoms with Gasteiger partial charge in [0.05, 0.1) is 12.7 Å². The van der Waals surface area contributed by atoms with Crippen molar-refractivity contribution in [3.63, 3.8) is 0 Å². The molecule has 0 aromatic rings. The van der Waals surface area contributed by atoms with Gasteiger partial charge in [0.15, 0.2) is 0 Å². The fraction of sp³-hybridized carbons (Fsp3) is 0.800. The summed E-state index contributed by atoms with van der Waals surface area (Å²) in [6, 6.07) is 0. The molecule has 4 atom stereocenters. The zero-order valence-electron chi connectivity index (χ0n) is 13.5. The number of rotatable bonds is 6.